The molecule has 3 N–H and O–H groups in total. The number of rotatable bonds is 4. The van der Waals surface area contributed by atoms with E-state index in [4.69, 9.17) is 19.4 Å². The lowest BCUT2D eigenvalue weighted by Crippen LogP contribution is -2.55. The van der Waals surface area contributed by atoms with Gasteiger partial charge in [-0.05, 0) is 50.6 Å². The Morgan fingerprint density at radius 3 is 2.59 bits per heavy atom. The van der Waals surface area contributed by atoms with Gasteiger partial charge in [-0.2, -0.15) is 0 Å². The quantitative estimate of drug-likeness (QED) is 0.490. The van der Waals surface area contributed by atoms with E-state index in [9.17, 15) is 14.7 Å². The Kier molecular flexibility index (Phi) is 7.98. The summed E-state index contributed by atoms with van der Waals surface area (Å²) in [5.74, 6) is 0.413. The number of nitrogens with one attached hydrogen (secondary N) is 1. The molecule has 0 radical (unpaired) electrons. The summed E-state index contributed by atoms with van der Waals surface area (Å²) in [6.45, 7) is 2.24. The van der Waals surface area contributed by atoms with Crippen molar-refractivity contribution >= 4 is 18.3 Å². The van der Waals surface area contributed by atoms with Crippen LogP contribution in [0.1, 0.15) is 35.2 Å². The summed E-state index contributed by atoms with van der Waals surface area (Å²) in [6, 6.07) is 5.26. The van der Waals surface area contributed by atoms with Gasteiger partial charge in [0, 0.05) is 18.7 Å². The molecule has 0 saturated carbocycles. The fourth-order valence-electron chi connectivity index (χ4n) is 3.97. The molecule has 29 heavy (non-hydrogen) atoms. The van der Waals surface area contributed by atoms with Crippen LogP contribution in [0.2, 0.25) is 0 Å². The molecular weight excluding hydrogens is 380 g/mol. The normalized spacial score (nSPS) is 20.8. The van der Waals surface area contributed by atoms with Gasteiger partial charge in [0.25, 0.3) is 6.47 Å². The summed E-state index contributed by atoms with van der Waals surface area (Å²) in [6.07, 6.45) is 1.51. The average Bonchev–Trinajstić information content (AvgIpc) is 2.72. The number of amides is 1. The lowest BCUT2D eigenvalue weighted by atomic mass is 9.71. The topological polar surface area (TPSA) is 125 Å². The van der Waals surface area contributed by atoms with E-state index < -0.39 is 11.5 Å². The van der Waals surface area contributed by atoms with Crippen molar-refractivity contribution in [1.29, 1.82) is 0 Å². The summed E-state index contributed by atoms with van der Waals surface area (Å²) in [5.41, 5.74) is 0.956. The van der Waals surface area contributed by atoms with Crippen molar-refractivity contribution in [2.75, 3.05) is 33.9 Å². The lowest BCUT2D eigenvalue weighted by Gasteiger charge is -2.44. The van der Waals surface area contributed by atoms with E-state index in [0.29, 0.717) is 25.1 Å². The first-order valence-electron chi connectivity index (χ1n) is 9.41. The molecule has 3 rings (SSSR count). The van der Waals surface area contributed by atoms with Crippen molar-refractivity contribution in [3.8, 4) is 5.75 Å². The second kappa shape index (κ2) is 10.2. The van der Waals surface area contributed by atoms with Crippen LogP contribution in [0.3, 0.4) is 0 Å². The number of esters is 1. The molecule has 2 fully saturated rings. The first-order chi connectivity index (χ1) is 13.9. The monoisotopic (exact) mass is 408 g/mol. The number of aliphatic hydroxyl groups is 1. The minimum absolute atomic E-state index is 0.0627. The highest BCUT2D eigenvalue weighted by molar-refractivity contribution is 5.89. The summed E-state index contributed by atoms with van der Waals surface area (Å²) >= 11 is 0. The summed E-state index contributed by atoms with van der Waals surface area (Å²) in [7, 11) is 2.97. The molecule has 2 aliphatic heterocycles. The molecule has 1 aromatic rings. The van der Waals surface area contributed by atoms with Gasteiger partial charge in [-0.15, -0.1) is 0 Å². The highest BCUT2D eigenvalue weighted by Gasteiger charge is 2.45. The molecule has 160 valence electrons. The molecule has 9 heteroatoms. The molecule has 1 aromatic carbocycles. The number of likely N-dealkylation sites (tertiary alicyclic amines) is 1. The first kappa shape index (κ1) is 22.6. The number of hydrogen-bond acceptors (Lipinski definition) is 7. The molecule has 0 aliphatic carbocycles. The zero-order valence-corrected chi connectivity index (χ0v) is 16.7. The van der Waals surface area contributed by atoms with Crippen LogP contribution in [-0.2, 0) is 20.9 Å². The van der Waals surface area contributed by atoms with Gasteiger partial charge in [0.2, 0.25) is 5.91 Å². The van der Waals surface area contributed by atoms with Gasteiger partial charge in [0.1, 0.15) is 5.75 Å². The number of carboxylic acid groups (broad SMARTS) is 1. The summed E-state index contributed by atoms with van der Waals surface area (Å²) in [4.78, 5) is 34.7. The van der Waals surface area contributed by atoms with Crippen LogP contribution in [0, 0.1) is 5.41 Å². The number of β-amino-alcohol motifs (C(OH)–C–C–N with tert-alkyl or cyclic N) is 1. The third kappa shape index (κ3) is 5.45. The molecule has 1 spiro atoms. The van der Waals surface area contributed by atoms with Gasteiger partial charge in [-0.25, -0.2) is 4.79 Å². The number of benzene rings is 1. The highest BCUT2D eigenvalue weighted by atomic mass is 16.5. The third-order valence-corrected chi connectivity index (χ3v) is 5.51. The molecule has 1 unspecified atom stereocenters. The molecule has 9 nitrogen and oxygen atoms in total. The van der Waals surface area contributed by atoms with Crippen molar-refractivity contribution in [2.24, 2.45) is 5.41 Å². The largest absolute Gasteiger partial charge is 0.496 e. The van der Waals surface area contributed by atoms with Gasteiger partial charge >= 0.3 is 5.97 Å². The highest BCUT2D eigenvalue weighted by Crippen LogP contribution is 2.39. The van der Waals surface area contributed by atoms with E-state index in [-0.39, 0.29) is 18.3 Å². The summed E-state index contributed by atoms with van der Waals surface area (Å²) < 4.78 is 10.2. The molecule has 0 aromatic heterocycles. The molecule has 1 atom stereocenters. The van der Waals surface area contributed by atoms with Crippen LogP contribution in [0.15, 0.2) is 18.2 Å². The Hall–Kier alpha value is -2.65. The number of methoxy groups -OCH3 is 2. The van der Waals surface area contributed by atoms with E-state index in [1.165, 1.54) is 7.11 Å². The molecule has 2 aliphatic rings. The predicted molar refractivity (Wildman–Crippen MR) is 104 cm³/mol. The minimum atomic E-state index is -0.462. The number of nitrogens with zero attached hydrogens (tertiary/aromatic N) is 1. The Morgan fingerprint density at radius 1 is 1.34 bits per heavy atom. The fraction of sp³-hybridized carbons (Fsp3) is 0.550. The molecule has 1 amide bonds. The van der Waals surface area contributed by atoms with Gasteiger partial charge in [0.15, 0.2) is 0 Å². The maximum atomic E-state index is 12.3. The maximum Gasteiger partial charge on any atom is 0.337 e. The zero-order valence-electron chi connectivity index (χ0n) is 16.7. The maximum absolute atomic E-state index is 12.3. The van der Waals surface area contributed by atoms with Gasteiger partial charge in [-0.3, -0.25) is 14.5 Å². The van der Waals surface area contributed by atoms with Crippen molar-refractivity contribution in [1.82, 2.24) is 10.2 Å². The van der Waals surface area contributed by atoms with E-state index in [0.717, 1.165) is 37.2 Å². The van der Waals surface area contributed by atoms with Gasteiger partial charge in [0.05, 0.1) is 31.3 Å². The third-order valence-electron chi connectivity index (χ3n) is 5.51. The second-order valence-corrected chi connectivity index (χ2v) is 7.25. The molecule has 0 bridgehead atoms. The number of carbonyl (C=O) groups is 3. The first-order valence-corrected chi connectivity index (χ1v) is 9.41. The molecule has 2 saturated heterocycles. The van der Waals surface area contributed by atoms with E-state index in [1.54, 1.807) is 25.3 Å². The van der Waals surface area contributed by atoms with Crippen molar-refractivity contribution in [3.63, 3.8) is 0 Å². The molecular formula is C20H28N2O7. The average molecular weight is 408 g/mol. The Morgan fingerprint density at radius 2 is 2.00 bits per heavy atom. The van der Waals surface area contributed by atoms with Crippen LogP contribution in [0.5, 0.6) is 5.75 Å². The van der Waals surface area contributed by atoms with Gasteiger partial charge < -0.3 is 25.0 Å². The van der Waals surface area contributed by atoms with Crippen LogP contribution >= 0.6 is 0 Å². The van der Waals surface area contributed by atoms with Crippen LogP contribution in [0.25, 0.3) is 0 Å². The van der Waals surface area contributed by atoms with Crippen LogP contribution in [0.4, 0.5) is 0 Å². The SMILES string of the molecule is COC(=O)c1ccc(OC)c(CN2CCC3(CC2)CC(O)CNC3=O)c1.O=CO. The standard InChI is InChI=1S/C19H26N2O5.CH2O2/c1-25-16-4-3-13(17(23)26-2)9-14(16)12-21-7-5-19(6-8-21)10-15(22)11-20-18(19)24;2-1-3/h3-4,9,15,22H,5-8,10-12H2,1-2H3,(H,20,24);1H,(H,2,3). The summed E-state index contributed by atoms with van der Waals surface area (Å²) in [5, 5.41) is 19.6. The van der Waals surface area contributed by atoms with E-state index in [1.807, 2.05) is 0 Å². The number of aliphatic hydroxyl groups excluding tert-OH is 1. The van der Waals surface area contributed by atoms with Crippen molar-refractivity contribution < 1.29 is 34.1 Å². The number of ether oxygens (including phenoxy) is 2. The van der Waals surface area contributed by atoms with E-state index in [2.05, 4.69) is 10.2 Å². The number of hydrogen-bond donors (Lipinski definition) is 3. The number of piperidine rings is 2. The van der Waals surface area contributed by atoms with E-state index >= 15 is 0 Å². The van der Waals surface area contributed by atoms with Crippen molar-refractivity contribution in [3.05, 3.63) is 29.3 Å². The molecule has 2 heterocycles. The Labute approximate surface area is 169 Å². The lowest BCUT2D eigenvalue weighted by molar-refractivity contribution is -0.141. The van der Waals surface area contributed by atoms with Crippen molar-refractivity contribution in [2.45, 2.75) is 31.9 Å². The Bertz CT molecular complexity index is 730. The van der Waals surface area contributed by atoms with Gasteiger partial charge in [-0.1, -0.05) is 0 Å². The second-order valence-electron chi connectivity index (χ2n) is 7.25. The zero-order chi connectivity index (χ0) is 21.4. The van der Waals surface area contributed by atoms with Crippen LogP contribution in [-0.4, -0.2) is 73.4 Å². The number of carbonyl (C=O) groups excluding carboxylic acids is 2. The smallest absolute Gasteiger partial charge is 0.337 e. The predicted octanol–water partition coefficient (Wildman–Crippen LogP) is 0.646. The fourth-order valence-corrected chi connectivity index (χ4v) is 3.97. The minimum Gasteiger partial charge on any atom is -0.496 e. The Balaban J connectivity index is 0.000000941. The van der Waals surface area contributed by atoms with Crippen LogP contribution < -0.4 is 10.1 Å².